The second-order valence-electron chi connectivity index (χ2n) is 7.03. The molecule has 1 aromatic heterocycles. The minimum absolute atomic E-state index is 0.00309. The maximum absolute atomic E-state index is 12.2. The van der Waals surface area contributed by atoms with Gasteiger partial charge in [0.05, 0.1) is 13.2 Å². The Morgan fingerprint density at radius 3 is 2.74 bits per heavy atom. The molecule has 1 aromatic rings. The summed E-state index contributed by atoms with van der Waals surface area (Å²) in [5.41, 5.74) is -0.715. The first-order valence-electron chi connectivity index (χ1n) is 8.42. The molecule has 9 nitrogen and oxygen atoms in total. The number of rotatable bonds is 5. The average Bonchev–Trinajstić information content (AvgIpc) is 2.58. The number of nitrogens with zero attached hydrogens (tertiary/aromatic N) is 2. The molecule has 2 N–H and O–H groups in total. The van der Waals surface area contributed by atoms with E-state index in [1.165, 1.54) is 13.2 Å². The van der Waals surface area contributed by atoms with E-state index < -0.39 is 11.6 Å². The van der Waals surface area contributed by atoms with Crippen molar-refractivity contribution >= 4 is 23.7 Å². The number of halogens is 1. The van der Waals surface area contributed by atoms with Crippen molar-refractivity contribution in [3.05, 3.63) is 16.8 Å². The Morgan fingerprint density at radius 1 is 1.44 bits per heavy atom. The van der Waals surface area contributed by atoms with Crippen LogP contribution >= 0.6 is 11.6 Å². The molecule has 0 radical (unpaired) electrons. The van der Waals surface area contributed by atoms with E-state index >= 15 is 0 Å². The number of carboxylic acids is 1. The molecule has 0 spiro atoms. The van der Waals surface area contributed by atoms with Crippen LogP contribution in [0.5, 0.6) is 11.6 Å². The predicted molar refractivity (Wildman–Crippen MR) is 97.9 cm³/mol. The summed E-state index contributed by atoms with van der Waals surface area (Å²) in [6, 6.07) is 1.10. The highest BCUT2D eigenvalue weighted by Crippen LogP contribution is 2.29. The third-order valence-electron chi connectivity index (χ3n) is 3.68. The lowest BCUT2D eigenvalue weighted by Crippen LogP contribution is -2.55. The summed E-state index contributed by atoms with van der Waals surface area (Å²) in [6.07, 6.45) is -0.383. The number of aromatic carboxylic acids is 1. The van der Waals surface area contributed by atoms with Crippen molar-refractivity contribution in [1.29, 1.82) is 0 Å². The van der Waals surface area contributed by atoms with Crippen molar-refractivity contribution in [1.82, 2.24) is 15.2 Å². The largest absolute Gasteiger partial charge is 0.489 e. The lowest BCUT2D eigenvalue weighted by Gasteiger charge is -2.34. The zero-order valence-electron chi connectivity index (χ0n) is 15.7. The van der Waals surface area contributed by atoms with E-state index in [1.807, 2.05) is 20.8 Å². The summed E-state index contributed by atoms with van der Waals surface area (Å²) in [5, 5.41) is 12.5. The van der Waals surface area contributed by atoms with E-state index in [2.05, 4.69) is 10.3 Å². The molecule has 0 aliphatic carbocycles. The summed E-state index contributed by atoms with van der Waals surface area (Å²) in [5.74, 6) is -1.16. The number of carboxylic acid groups (broad SMARTS) is 1. The van der Waals surface area contributed by atoms with Crippen molar-refractivity contribution in [2.75, 3.05) is 33.4 Å². The molecule has 0 bridgehead atoms. The van der Waals surface area contributed by atoms with Crippen molar-refractivity contribution in [2.24, 2.45) is 0 Å². The summed E-state index contributed by atoms with van der Waals surface area (Å²) in [7, 11) is 1.31. The van der Waals surface area contributed by atoms with Crippen LogP contribution in [0.2, 0.25) is 5.15 Å². The van der Waals surface area contributed by atoms with E-state index in [0.717, 1.165) is 0 Å². The van der Waals surface area contributed by atoms with Gasteiger partial charge in [-0.1, -0.05) is 11.6 Å². The van der Waals surface area contributed by atoms with Crippen molar-refractivity contribution in [3.63, 3.8) is 0 Å². The lowest BCUT2D eigenvalue weighted by atomic mass is 10.2. The molecule has 27 heavy (non-hydrogen) atoms. The Hall–Kier alpha value is -2.26. The number of aromatic nitrogens is 1. The second kappa shape index (κ2) is 8.62. The first-order chi connectivity index (χ1) is 12.6. The topological polar surface area (TPSA) is 110 Å². The maximum atomic E-state index is 12.2. The Bertz CT molecular complexity index is 707. The maximum Gasteiger partial charge on any atom is 0.410 e. The van der Waals surface area contributed by atoms with Crippen LogP contribution < -0.4 is 14.8 Å². The third kappa shape index (κ3) is 5.86. The monoisotopic (exact) mass is 401 g/mol. The van der Waals surface area contributed by atoms with Crippen LogP contribution in [-0.2, 0) is 4.74 Å². The number of carbonyl (C=O) groups excluding carboxylic acids is 1. The first kappa shape index (κ1) is 21.0. The summed E-state index contributed by atoms with van der Waals surface area (Å²) >= 11 is 6.04. The minimum atomic E-state index is -1.20. The van der Waals surface area contributed by atoms with Crippen molar-refractivity contribution < 1.29 is 28.9 Å². The Kier molecular flexibility index (Phi) is 6.72. The molecule has 150 valence electrons. The van der Waals surface area contributed by atoms with Crippen LogP contribution in [0.25, 0.3) is 0 Å². The molecule has 1 atom stereocenters. The number of pyridine rings is 1. The van der Waals surface area contributed by atoms with Crippen LogP contribution in [0.4, 0.5) is 4.79 Å². The molecule has 1 amide bonds. The van der Waals surface area contributed by atoms with Crippen LogP contribution in [0, 0.1) is 0 Å². The van der Waals surface area contributed by atoms with E-state index in [4.69, 9.17) is 25.8 Å². The quantitative estimate of drug-likeness (QED) is 0.721. The van der Waals surface area contributed by atoms with Gasteiger partial charge in [0, 0.05) is 25.7 Å². The number of hydrogen-bond donors (Lipinski definition) is 2. The van der Waals surface area contributed by atoms with Gasteiger partial charge in [-0.05, 0) is 20.8 Å². The molecule has 1 saturated heterocycles. The first-order valence-corrected chi connectivity index (χ1v) is 8.80. The van der Waals surface area contributed by atoms with Gasteiger partial charge in [-0.25, -0.2) is 9.59 Å². The SMILES string of the molecule is COc1nc(Cl)c(OCC2CN(C(=O)OC(C)(C)C)CCN2)cc1C(=O)O. The van der Waals surface area contributed by atoms with Crippen LogP contribution in [0.1, 0.15) is 31.1 Å². The standard InChI is InChI=1S/C17H24ClN3O6/c1-17(2,3)27-16(24)21-6-5-19-10(8-21)9-26-12-7-11(15(22)23)14(25-4)20-13(12)18/h7,10,19H,5-6,8-9H2,1-4H3,(H,22,23). The zero-order chi connectivity index (χ0) is 20.2. The molecule has 0 aromatic carbocycles. The Labute approximate surface area is 162 Å². The summed E-state index contributed by atoms with van der Waals surface area (Å²) in [6.45, 7) is 7.11. The van der Waals surface area contributed by atoms with Gasteiger partial charge < -0.3 is 29.5 Å². The van der Waals surface area contributed by atoms with Gasteiger partial charge in [-0.2, -0.15) is 4.98 Å². The Balaban J connectivity index is 2.01. The fourth-order valence-electron chi connectivity index (χ4n) is 2.49. The summed E-state index contributed by atoms with van der Waals surface area (Å²) in [4.78, 5) is 29.0. The van der Waals surface area contributed by atoms with E-state index in [1.54, 1.807) is 4.90 Å². The molecule has 0 saturated carbocycles. The number of amides is 1. The van der Waals surface area contributed by atoms with Crippen LogP contribution in [-0.4, -0.2) is 72.0 Å². The lowest BCUT2D eigenvalue weighted by molar-refractivity contribution is 0.0177. The predicted octanol–water partition coefficient (Wildman–Crippen LogP) is 2.03. The van der Waals surface area contributed by atoms with E-state index in [0.29, 0.717) is 19.6 Å². The molecule has 1 aliphatic heterocycles. The number of nitrogens with one attached hydrogen (secondary N) is 1. The highest BCUT2D eigenvalue weighted by Gasteiger charge is 2.28. The van der Waals surface area contributed by atoms with Crippen molar-refractivity contribution in [2.45, 2.75) is 32.4 Å². The highest BCUT2D eigenvalue weighted by atomic mass is 35.5. The number of carbonyl (C=O) groups is 2. The molecular formula is C17H24ClN3O6. The van der Waals surface area contributed by atoms with Crippen molar-refractivity contribution in [3.8, 4) is 11.6 Å². The third-order valence-corrected chi connectivity index (χ3v) is 3.95. The van der Waals surface area contributed by atoms with Gasteiger partial charge in [0.25, 0.3) is 0 Å². The number of ether oxygens (including phenoxy) is 3. The fraction of sp³-hybridized carbons (Fsp3) is 0.588. The number of piperazine rings is 1. The smallest absolute Gasteiger partial charge is 0.410 e. The van der Waals surface area contributed by atoms with Gasteiger partial charge >= 0.3 is 12.1 Å². The van der Waals surface area contributed by atoms with E-state index in [9.17, 15) is 14.7 Å². The molecule has 1 unspecified atom stereocenters. The van der Waals surface area contributed by atoms with Gasteiger partial charge in [-0.3, -0.25) is 0 Å². The van der Waals surface area contributed by atoms with Gasteiger partial charge in [0.1, 0.15) is 17.8 Å². The van der Waals surface area contributed by atoms with Gasteiger partial charge in [-0.15, -0.1) is 0 Å². The zero-order valence-corrected chi connectivity index (χ0v) is 16.5. The normalized spacial score (nSPS) is 17.4. The van der Waals surface area contributed by atoms with Crippen LogP contribution in [0.3, 0.4) is 0 Å². The van der Waals surface area contributed by atoms with Gasteiger partial charge in [0.15, 0.2) is 10.9 Å². The second-order valence-corrected chi connectivity index (χ2v) is 7.39. The summed E-state index contributed by atoms with van der Waals surface area (Å²) < 4.78 is 15.9. The molecule has 1 aliphatic rings. The van der Waals surface area contributed by atoms with E-state index in [-0.39, 0.29) is 41.1 Å². The Morgan fingerprint density at radius 2 is 2.15 bits per heavy atom. The molecular weight excluding hydrogens is 378 g/mol. The number of methoxy groups -OCH3 is 1. The average molecular weight is 402 g/mol. The molecule has 10 heteroatoms. The van der Waals surface area contributed by atoms with Crippen LogP contribution in [0.15, 0.2) is 6.07 Å². The fourth-order valence-corrected chi connectivity index (χ4v) is 2.67. The molecule has 2 rings (SSSR count). The highest BCUT2D eigenvalue weighted by molar-refractivity contribution is 6.31. The minimum Gasteiger partial charge on any atom is -0.489 e. The van der Waals surface area contributed by atoms with Gasteiger partial charge in [0.2, 0.25) is 5.88 Å². The number of hydrogen-bond acceptors (Lipinski definition) is 7. The molecule has 1 fully saturated rings. The molecule has 2 heterocycles.